The van der Waals surface area contributed by atoms with E-state index in [2.05, 4.69) is 9.47 Å². The lowest BCUT2D eigenvalue weighted by molar-refractivity contribution is -0.289. The van der Waals surface area contributed by atoms with Crippen LogP contribution in [0.5, 0.6) is 0 Å². The number of carbonyl (C=O) groups is 3. The first-order valence-corrected chi connectivity index (χ1v) is 7.61. The molecule has 0 N–H and O–H groups in total. The van der Waals surface area contributed by atoms with Crippen LogP contribution in [0.3, 0.4) is 0 Å². The number of hydrogen-bond acceptors (Lipinski definition) is 7. The Balaban J connectivity index is 5.34. The molecule has 10 heteroatoms. The van der Waals surface area contributed by atoms with Crippen LogP contribution in [0.25, 0.3) is 0 Å². The molecular formula is C15H22F3O7-. The minimum atomic E-state index is -4.74. The van der Waals surface area contributed by atoms with E-state index < -0.39 is 48.3 Å². The molecule has 0 saturated carbocycles. The van der Waals surface area contributed by atoms with Crippen molar-refractivity contribution in [3.8, 4) is 0 Å². The zero-order chi connectivity index (χ0) is 19.8. The van der Waals surface area contributed by atoms with Crippen molar-refractivity contribution in [3.05, 3.63) is 0 Å². The monoisotopic (exact) mass is 371 g/mol. The molecule has 0 rings (SSSR count). The summed E-state index contributed by atoms with van der Waals surface area (Å²) in [6.07, 6.45) is -6.85. The highest BCUT2D eigenvalue weighted by Crippen LogP contribution is 2.34. The molecule has 0 aliphatic rings. The number of carboxylic acid groups (broad SMARTS) is 1. The first kappa shape index (κ1) is 23.0. The highest BCUT2D eigenvalue weighted by Gasteiger charge is 2.47. The summed E-state index contributed by atoms with van der Waals surface area (Å²) < 4.78 is 50.2. The summed E-state index contributed by atoms with van der Waals surface area (Å²) in [7, 11) is 0. The first-order valence-electron chi connectivity index (χ1n) is 7.61. The second-order valence-corrected chi connectivity index (χ2v) is 5.98. The smallest absolute Gasteiger partial charge is 0.422 e. The van der Waals surface area contributed by atoms with Gasteiger partial charge in [0.05, 0.1) is 24.0 Å². The highest BCUT2D eigenvalue weighted by molar-refractivity contribution is 5.85. The number of unbranched alkanes of at least 4 members (excludes halogenated alkanes) is 1. The third-order valence-corrected chi connectivity index (χ3v) is 3.42. The standard InChI is InChI=1S/C15H23F3O7/c1-5-6-7-23-11(19)10(9(2)25-13(21)22)14(3,4)12(20)24-8-15(16,17)18/h9-10H,5-8H2,1-4H3,(H,21,22)/p-1. The third-order valence-electron chi connectivity index (χ3n) is 3.42. The van der Waals surface area contributed by atoms with Crippen molar-refractivity contribution < 1.29 is 46.9 Å². The maximum atomic E-state index is 12.2. The van der Waals surface area contributed by atoms with Gasteiger partial charge in [0.2, 0.25) is 0 Å². The van der Waals surface area contributed by atoms with Gasteiger partial charge in [-0.15, -0.1) is 0 Å². The van der Waals surface area contributed by atoms with Crippen molar-refractivity contribution in [2.24, 2.45) is 11.3 Å². The summed E-state index contributed by atoms with van der Waals surface area (Å²) in [6.45, 7) is 3.48. The van der Waals surface area contributed by atoms with Crippen molar-refractivity contribution in [1.82, 2.24) is 0 Å². The second-order valence-electron chi connectivity index (χ2n) is 5.98. The van der Waals surface area contributed by atoms with Gasteiger partial charge in [0.15, 0.2) is 6.61 Å². The van der Waals surface area contributed by atoms with Gasteiger partial charge in [-0.25, -0.2) is 0 Å². The van der Waals surface area contributed by atoms with Crippen LogP contribution in [-0.2, 0) is 23.8 Å². The van der Waals surface area contributed by atoms with Crippen LogP contribution in [0.2, 0.25) is 0 Å². The molecule has 2 atom stereocenters. The molecule has 2 unspecified atom stereocenters. The summed E-state index contributed by atoms with van der Waals surface area (Å²) in [5.74, 6) is -3.82. The minimum Gasteiger partial charge on any atom is -0.546 e. The number of rotatable bonds is 9. The van der Waals surface area contributed by atoms with E-state index in [-0.39, 0.29) is 6.61 Å². The fourth-order valence-electron chi connectivity index (χ4n) is 2.16. The Morgan fingerprint density at radius 3 is 2.12 bits per heavy atom. The van der Waals surface area contributed by atoms with Crippen molar-refractivity contribution in [3.63, 3.8) is 0 Å². The lowest BCUT2D eigenvalue weighted by Crippen LogP contribution is -2.48. The molecule has 0 fully saturated rings. The number of hydrogen-bond donors (Lipinski definition) is 0. The van der Waals surface area contributed by atoms with Gasteiger partial charge in [0.25, 0.3) is 6.16 Å². The lowest BCUT2D eigenvalue weighted by Gasteiger charge is -2.36. The van der Waals surface area contributed by atoms with E-state index in [0.717, 1.165) is 13.8 Å². The van der Waals surface area contributed by atoms with E-state index in [1.807, 2.05) is 6.92 Å². The minimum absolute atomic E-state index is 0.0115. The molecule has 0 spiro atoms. The Bertz CT molecular complexity index is 474. The van der Waals surface area contributed by atoms with E-state index >= 15 is 0 Å². The second kappa shape index (κ2) is 9.47. The quantitative estimate of drug-likeness (QED) is 0.346. The topological polar surface area (TPSA) is 102 Å². The molecule has 25 heavy (non-hydrogen) atoms. The van der Waals surface area contributed by atoms with Crippen LogP contribution in [-0.4, -0.2) is 43.6 Å². The SMILES string of the molecule is CCCCOC(=O)C(C(C)OC(=O)[O-])C(C)(C)C(=O)OCC(F)(F)F. The van der Waals surface area contributed by atoms with Crippen molar-refractivity contribution in [2.75, 3.05) is 13.2 Å². The predicted molar refractivity (Wildman–Crippen MR) is 76.1 cm³/mol. The summed E-state index contributed by atoms with van der Waals surface area (Å²) >= 11 is 0. The van der Waals surface area contributed by atoms with Gasteiger partial charge in [-0.2, -0.15) is 13.2 Å². The number of alkyl halides is 3. The molecule has 0 bridgehead atoms. The molecule has 0 heterocycles. The molecule has 0 saturated heterocycles. The van der Waals surface area contributed by atoms with Crippen LogP contribution < -0.4 is 5.11 Å². The van der Waals surface area contributed by atoms with Crippen molar-refractivity contribution in [1.29, 1.82) is 0 Å². The maximum Gasteiger partial charge on any atom is 0.422 e. The average molecular weight is 371 g/mol. The van der Waals surface area contributed by atoms with Crippen LogP contribution in [0.1, 0.15) is 40.5 Å². The highest BCUT2D eigenvalue weighted by atomic mass is 19.4. The zero-order valence-electron chi connectivity index (χ0n) is 14.5. The fraction of sp³-hybridized carbons (Fsp3) is 0.800. The Labute approximate surface area is 143 Å². The Morgan fingerprint density at radius 2 is 1.68 bits per heavy atom. The number of ether oxygens (including phenoxy) is 3. The van der Waals surface area contributed by atoms with Crippen molar-refractivity contribution >= 4 is 18.1 Å². The van der Waals surface area contributed by atoms with E-state index in [4.69, 9.17) is 4.74 Å². The molecule has 0 aromatic carbocycles. The lowest BCUT2D eigenvalue weighted by atomic mass is 9.76. The van der Waals surface area contributed by atoms with Crippen molar-refractivity contribution in [2.45, 2.75) is 52.8 Å². The van der Waals surface area contributed by atoms with Gasteiger partial charge in [-0.3, -0.25) is 9.59 Å². The maximum absolute atomic E-state index is 12.2. The van der Waals surface area contributed by atoms with E-state index in [0.29, 0.717) is 12.8 Å². The Morgan fingerprint density at radius 1 is 1.12 bits per heavy atom. The molecule has 7 nitrogen and oxygen atoms in total. The number of halogens is 3. The van der Waals surface area contributed by atoms with E-state index in [1.165, 1.54) is 6.92 Å². The molecule has 0 aromatic rings. The number of esters is 2. The van der Waals surface area contributed by atoms with E-state index in [1.54, 1.807) is 0 Å². The van der Waals surface area contributed by atoms with Gasteiger partial charge in [0, 0.05) is 0 Å². The van der Waals surface area contributed by atoms with Crippen LogP contribution in [0, 0.1) is 11.3 Å². The Kier molecular flexibility index (Phi) is 8.72. The summed E-state index contributed by atoms with van der Waals surface area (Å²) in [5.41, 5.74) is -1.83. The average Bonchev–Trinajstić information content (AvgIpc) is 2.43. The molecule has 0 aliphatic carbocycles. The van der Waals surface area contributed by atoms with Gasteiger partial charge >= 0.3 is 18.1 Å². The molecule has 0 aromatic heterocycles. The predicted octanol–water partition coefficient (Wildman–Crippen LogP) is 1.83. The summed E-state index contributed by atoms with van der Waals surface area (Å²) in [5, 5.41) is 10.6. The molecular weight excluding hydrogens is 349 g/mol. The van der Waals surface area contributed by atoms with Gasteiger partial charge in [-0.1, -0.05) is 13.3 Å². The molecule has 0 aliphatic heterocycles. The summed E-state index contributed by atoms with van der Waals surface area (Å²) in [6, 6.07) is 0. The van der Waals surface area contributed by atoms with E-state index in [9.17, 15) is 32.7 Å². The van der Waals surface area contributed by atoms with Crippen LogP contribution >= 0.6 is 0 Å². The van der Waals surface area contributed by atoms with Gasteiger partial charge in [0.1, 0.15) is 0 Å². The molecule has 146 valence electrons. The fourth-order valence-corrected chi connectivity index (χ4v) is 2.16. The van der Waals surface area contributed by atoms with Crippen LogP contribution in [0.15, 0.2) is 0 Å². The molecule has 0 amide bonds. The third kappa shape index (κ3) is 8.08. The largest absolute Gasteiger partial charge is 0.546 e. The van der Waals surface area contributed by atoms with Gasteiger partial charge < -0.3 is 24.1 Å². The normalized spacial score (nSPS) is 14.4. The zero-order valence-corrected chi connectivity index (χ0v) is 14.5. The summed E-state index contributed by atoms with van der Waals surface area (Å²) in [4.78, 5) is 34.9. The van der Waals surface area contributed by atoms with Crippen LogP contribution in [0.4, 0.5) is 18.0 Å². The Hall–Kier alpha value is -2.00. The number of carbonyl (C=O) groups excluding carboxylic acids is 3. The van der Waals surface area contributed by atoms with Gasteiger partial charge in [-0.05, 0) is 27.2 Å². The first-order chi connectivity index (χ1) is 11.3. The molecule has 0 radical (unpaired) electrons.